The quantitative estimate of drug-likeness (QED) is 0.495. The van der Waals surface area contributed by atoms with Gasteiger partial charge >= 0.3 is 0 Å². The molecule has 0 aliphatic rings. The van der Waals surface area contributed by atoms with Crippen molar-refractivity contribution in [2.75, 3.05) is 13.7 Å². The van der Waals surface area contributed by atoms with Crippen molar-refractivity contribution in [3.8, 4) is 11.5 Å². The first-order valence-corrected chi connectivity index (χ1v) is 9.59. The van der Waals surface area contributed by atoms with Gasteiger partial charge in [-0.3, -0.25) is 0 Å². The first kappa shape index (κ1) is 24.3. The van der Waals surface area contributed by atoms with Gasteiger partial charge in [0.1, 0.15) is 6.61 Å². The van der Waals surface area contributed by atoms with Crippen molar-refractivity contribution in [2.24, 2.45) is 0 Å². The molecule has 0 spiro atoms. The maximum Gasteiger partial charge on any atom is 0.175 e. The van der Waals surface area contributed by atoms with E-state index in [4.69, 9.17) is 32.7 Å². The van der Waals surface area contributed by atoms with Gasteiger partial charge in [0, 0.05) is 27.7 Å². The number of halogens is 4. The summed E-state index contributed by atoms with van der Waals surface area (Å²) in [5.74, 6) is 1.21. The number of hydrogen-bond donors (Lipinski definition) is 2. The van der Waals surface area contributed by atoms with Crippen LogP contribution in [0.25, 0.3) is 0 Å². The molecule has 0 saturated carbocycles. The van der Waals surface area contributed by atoms with Gasteiger partial charge in [-0.1, -0.05) is 29.3 Å². The van der Waals surface area contributed by atoms with E-state index in [0.717, 1.165) is 15.6 Å². The highest BCUT2D eigenvalue weighted by Crippen LogP contribution is 2.37. The van der Waals surface area contributed by atoms with Gasteiger partial charge in [0.2, 0.25) is 0 Å². The largest absolute Gasteiger partial charge is 0.493 e. The summed E-state index contributed by atoms with van der Waals surface area (Å²) in [4.78, 5) is 0. The fourth-order valence-electron chi connectivity index (χ4n) is 2.20. The summed E-state index contributed by atoms with van der Waals surface area (Å²) in [7, 11) is 1.60. The van der Waals surface area contributed by atoms with Crippen LogP contribution in [0, 0.1) is 0 Å². The van der Waals surface area contributed by atoms with E-state index in [2.05, 4.69) is 21.2 Å². The van der Waals surface area contributed by atoms with Crippen molar-refractivity contribution < 1.29 is 14.6 Å². The molecule has 0 bridgehead atoms. The van der Waals surface area contributed by atoms with E-state index in [-0.39, 0.29) is 24.6 Å². The van der Waals surface area contributed by atoms with Gasteiger partial charge in [0.15, 0.2) is 11.5 Å². The smallest absolute Gasteiger partial charge is 0.175 e. The van der Waals surface area contributed by atoms with Gasteiger partial charge in [-0.05, 0) is 59.6 Å². The van der Waals surface area contributed by atoms with Crippen LogP contribution < -0.4 is 14.8 Å². The molecule has 2 aromatic rings. The second kappa shape index (κ2) is 10.7. The van der Waals surface area contributed by atoms with Gasteiger partial charge < -0.3 is 19.9 Å². The number of rotatable bonds is 8. The standard InChI is InChI=1S/C19H22BrCl2NO3.ClH/c1-19(2,11-24)23-9-12-6-15(20)18(17(7-12)25-3)26-10-13-4-5-14(21)8-16(13)22;/h4-8,23-24H,9-11H2,1-3H3;1H. The molecule has 0 fully saturated rings. The van der Waals surface area contributed by atoms with E-state index in [1.807, 2.05) is 32.0 Å². The molecule has 0 amide bonds. The van der Waals surface area contributed by atoms with Gasteiger partial charge in [0.25, 0.3) is 0 Å². The highest BCUT2D eigenvalue weighted by molar-refractivity contribution is 9.10. The van der Waals surface area contributed by atoms with Crippen LogP contribution in [0.5, 0.6) is 11.5 Å². The Morgan fingerprint density at radius 2 is 1.89 bits per heavy atom. The van der Waals surface area contributed by atoms with Crippen molar-refractivity contribution >= 4 is 51.5 Å². The molecule has 8 heteroatoms. The zero-order valence-electron chi connectivity index (χ0n) is 15.3. The fourth-order valence-corrected chi connectivity index (χ4v) is 3.27. The normalized spacial score (nSPS) is 11.1. The lowest BCUT2D eigenvalue weighted by molar-refractivity contribution is 0.187. The van der Waals surface area contributed by atoms with Crippen molar-refractivity contribution in [2.45, 2.75) is 32.5 Å². The van der Waals surface area contributed by atoms with Crippen LogP contribution in [0.2, 0.25) is 10.0 Å². The molecular weight excluding hydrogens is 476 g/mol. The summed E-state index contributed by atoms with van der Waals surface area (Å²) in [5.41, 5.74) is 1.48. The number of benzene rings is 2. The molecule has 0 atom stereocenters. The molecule has 0 saturated heterocycles. The molecule has 2 N–H and O–H groups in total. The molecule has 0 aliphatic carbocycles. The summed E-state index contributed by atoms with van der Waals surface area (Å²) in [5, 5.41) is 13.8. The Bertz CT molecular complexity index is 772. The number of aliphatic hydroxyl groups is 1. The number of ether oxygens (including phenoxy) is 2. The summed E-state index contributed by atoms with van der Waals surface area (Å²) in [6.45, 7) is 4.81. The second-order valence-corrected chi connectivity index (χ2v) is 8.23. The molecule has 2 rings (SSSR count). The van der Waals surface area contributed by atoms with E-state index in [0.29, 0.717) is 34.7 Å². The number of nitrogens with one attached hydrogen (secondary N) is 1. The molecule has 4 nitrogen and oxygen atoms in total. The minimum atomic E-state index is -0.361. The van der Waals surface area contributed by atoms with Gasteiger partial charge in [0.05, 0.1) is 18.2 Å². The highest BCUT2D eigenvalue weighted by atomic mass is 79.9. The lowest BCUT2D eigenvalue weighted by Crippen LogP contribution is -2.42. The van der Waals surface area contributed by atoms with Crippen molar-refractivity contribution in [1.29, 1.82) is 0 Å². The highest BCUT2D eigenvalue weighted by Gasteiger charge is 2.17. The van der Waals surface area contributed by atoms with Crippen LogP contribution in [0.4, 0.5) is 0 Å². The minimum absolute atomic E-state index is 0. The Morgan fingerprint density at radius 1 is 1.19 bits per heavy atom. The molecule has 0 aromatic heterocycles. The Morgan fingerprint density at radius 3 is 2.48 bits per heavy atom. The predicted octanol–water partition coefficient (Wildman–Crippen LogP) is 5.63. The topological polar surface area (TPSA) is 50.7 Å². The molecule has 0 heterocycles. The minimum Gasteiger partial charge on any atom is -0.493 e. The first-order chi connectivity index (χ1) is 12.3. The molecule has 27 heavy (non-hydrogen) atoms. The van der Waals surface area contributed by atoms with Crippen LogP contribution >= 0.6 is 51.5 Å². The van der Waals surface area contributed by atoms with Crippen LogP contribution in [0.15, 0.2) is 34.8 Å². The molecule has 0 aliphatic heterocycles. The molecule has 0 radical (unpaired) electrons. The van der Waals surface area contributed by atoms with Crippen LogP contribution in [-0.2, 0) is 13.2 Å². The molecule has 2 aromatic carbocycles. The Labute approximate surface area is 184 Å². The Hall–Kier alpha value is -0.690. The van der Waals surface area contributed by atoms with E-state index < -0.39 is 0 Å². The third-order valence-electron chi connectivity index (χ3n) is 3.84. The van der Waals surface area contributed by atoms with Crippen molar-refractivity contribution in [3.05, 3.63) is 56.0 Å². The van der Waals surface area contributed by atoms with Crippen molar-refractivity contribution in [1.82, 2.24) is 5.32 Å². The summed E-state index contributed by atoms with van der Waals surface area (Å²) in [6.07, 6.45) is 0. The summed E-state index contributed by atoms with van der Waals surface area (Å²) in [6, 6.07) is 9.16. The predicted molar refractivity (Wildman–Crippen MR) is 117 cm³/mol. The van der Waals surface area contributed by atoms with E-state index in [9.17, 15) is 5.11 Å². The zero-order valence-corrected chi connectivity index (χ0v) is 19.2. The van der Waals surface area contributed by atoms with Crippen LogP contribution in [0.3, 0.4) is 0 Å². The number of hydrogen-bond acceptors (Lipinski definition) is 4. The Kier molecular flexibility index (Phi) is 9.69. The molecule has 150 valence electrons. The summed E-state index contributed by atoms with van der Waals surface area (Å²) < 4.78 is 12.2. The number of methoxy groups -OCH3 is 1. The average Bonchev–Trinajstić information content (AvgIpc) is 2.60. The van der Waals surface area contributed by atoms with Crippen LogP contribution in [-0.4, -0.2) is 24.4 Å². The lowest BCUT2D eigenvalue weighted by Gasteiger charge is -2.24. The maximum atomic E-state index is 9.35. The Balaban J connectivity index is 0.00000364. The third-order valence-corrected chi connectivity index (χ3v) is 5.02. The SMILES string of the molecule is COc1cc(CNC(C)(C)CO)cc(Br)c1OCc1ccc(Cl)cc1Cl.Cl. The van der Waals surface area contributed by atoms with Gasteiger partial charge in [-0.15, -0.1) is 12.4 Å². The van der Waals surface area contributed by atoms with E-state index >= 15 is 0 Å². The van der Waals surface area contributed by atoms with E-state index in [1.54, 1.807) is 19.2 Å². The number of aliphatic hydroxyl groups excluding tert-OH is 1. The van der Waals surface area contributed by atoms with Gasteiger partial charge in [-0.25, -0.2) is 0 Å². The monoisotopic (exact) mass is 497 g/mol. The fraction of sp³-hybridized carbons (Fsp3) is 0.368. The van der Waals surface area contributed by atoms with Gasteiger partial charge in [-0.2, -0.15) is 0 Å². The lowest BCUT2D eigenvalue weighted by atomic mass is 10.1. The van der Waals surface area contributed by atoms with E-state index in [1.165, 1.54) is 0 Å². The average molecular weight is 500 g/mol. The molecular formula is C19H23BrCl3NO3. The summed E-state index contributed by atoms with van der Waals surface area (Å²) >= 11 is 15.7. The van der Waals surface area contributed by atoms with Crippen LogP contribution in [0.1, 0.15) is 25.0 Å². The third kappa shape index (κ3) is 7.00. The first-order valence-electron chi connectivity index (χ1n) is 8.05. The molecule has 0 unspecified atom stereocenters. The second-order valence-electron chi connectivity index (χ2n) is 6.53. The zero-order chi connectivity index (χ0) is 19.3. The maximum absolute atomic E-state index is 9.35. The van der Waals surface area contributed by atoms with Crippen molar-refractivity contribution in [3.63, 3.8) is 0 Å².